The van der Waals surface area contributed by atoms with E-state index in [2.05, 4.69) is 101 Å². The van der Waals surface area contributed by atoms with Gasteiger partial charge in [0.05, 0.1) is 0 Å². The van der Waals surface area contributed by atoms with Crippen LogP contribution in [0, 0.1) is 5.92 Å². The van der Waals surface area contributed by atoms with Crippen LogP contribution in [-0.4, -0.2) is 0 Å². The molecule has 0 saturated heterocycles. The van der Waals surface area contributed by atoms with Crippen LogP contribution in [0.4, 0.5) is 0 Å². The predicted molar refractivity (Wildman–Crippen MR) is 152 cm³/mol. The summed E-state index contributed by atoms with van der Waals surface area (Å²) in [5.74, 6) is 0.712. The van der Waals surface area contributed by atoms with E-state index in [0.29, 0.717) is 5.92 Å². The highest BCUT2D eigenvalue weighted by Gasteiger charge is 2.08. The van der Waals surface area contributed by atoms with Crippen molar-refractivity contribution in [1.82, 2.24) is 0 Å². The molecule has 0 aromatic heterocycles. The summed E-state index contributed by atoms with van der Waals surface area (Å²) < 4.78 is 0. The van der Waals surface area contributed by atoms with Crippen LogP contribution in [0.15, 0.2) is 78.4 Å². The second-order valence-corrected chi connectivity index (χ2v) is 10.4. The maximum absolute atomic E-state index is 6.69. The van der Waals surface area contributed by atoms with E-state index in [1.165, 1.54) is 83.9 Å². The molecule has 0 radical (unpaired) electrons. The molecule has 3 rings (SSSR count). The third-order valence-electron chi connectivity index (χ3n) is 6.75. The van der Waals surface area contributed by atoms with Gasteiger partial charge in [0, 0.05) is 5.02 Å². The quantitative estimate of drug-likeness (QED) is 0.181. The molecular formula is C33H41Cl. The van der Waals surface area contributed by atoms with Gasteiger partial charge in [-0.3, -0.25) is 0 Å². The van der Waals surface area contributed by atoms with Gasteiger partial charge in [-0.05, 0) is 97.7 Å². The molecule has 0 fully saturated rings. The number of hydrogen-bond donors (Lipinski definition) is 0. The molecule has 0 aliphatic rings. The molecule has 180 valence electrons. The van der Waals surface area contributed by atoms with Crippen molar-refractivity contribution in [1.29, 1.82) is 0 Å². The fourth-order valence-corrected chi connectivity index (χ4v) is 4.71. The minimum atomic E-state index is 0.712. The van der Waals surface area contributed by atoms with Crippen molar-refractivity contribution in [3.63, 3.8) is 0 Å². The fourth-order valence-electron chi connectivity index (χ4n) is 4.43. The lowest BCUT2D eigenvalue weighted by Crippen LogP contribution is -1.98. The Balaban J connectivity index is 1.59. The number of benzene rings is 3. The van der Waals surface area contributed by atoms with Crippen LogP contribution in [0.3, 0.4) is 0 Å². The number of allylic oxidation sites excluding steroid dienone is 2. The Hall–Kier alpha value is -2.31. The molecule has 0 spiro atoms. The molecule has 0 amide bonds. The zero-order valence-electron chi connectivity index (χ0n) is 21.5. The first-order chi connectivity index (χ1) is 16.5. The van der Waals surface area contributed by atoms with Gasteiger partial charge in [0.1, 0.15) is 0 Å². The first-order valence-corrected chi connectivity index (χ1v) is 13.5. The summed E-state index contributed by atoms with van der Waals surface area (Å²) in [5.41, 5.74) is 9.04. The minimum absolute atomic E-state index is 0.712. The molecule has 0 aliphatic heterocycles. The Morgan fingerprint density at radius 1 is 0.765 bits per heavy atom. The lowest BCUT2D eigenvalue weighted by Gasteiger charge is -2.12. The van der Waals surface area contributed by atoms with Gasteiger partial charge in [0.25, 0.3) is 0 Å². The molecule has 0 nitrogen and oxygen atoms in total. The van der Waals surface area contributed by atoms with Crippen molar-refractivity contribution < 1.29 is 0 Å². The first-order valence-electron chi connectivity index (χ1n) is 13.1. The summed E-state index contributed by atoms with van der Waals surface area (Å²) in [7, 11) is 0. The first kappa shape index (κ1) is 26.3. The van der Waals surface area contributed by atoms with Crippen molar-refractivity contribution in [2.24, 2.45) is 5.92 Å². The summed E-state index contributed by atoms with van der Waals surface area (Å²) in [4.78, 5) is 0. The summed E-state index contributed by atoms with van der Waals surface area (Å²) in [6.45, 7) is 8.95. The molecule has 1 heteroatoms. The second kappa shape index (κ2) is 13.5. The largest absolute Gasteiger partial charge is 0.0859 e. The predicted octanol–water partition coefficient (Wildman–Crippen LogP) is 10.7. The number of halogens is 1. The summed E-state index contributed by atoms with van der Waals surface area (Å²) in [6.07, 6.45) is 12.0. The molecule has 0 saturated carbocycles. The van der Waals surface area contributed by atoms with Gasteiger partial charge >= 0.3 is 0 Å². The lowest BCUT2D eigenvalue weighted by molar-refractivity contribution is 0.497. The van der Waals surface area contributed by atoms with E-state index in [9.17, 15) is 0 Å². The van der Waals surface area contributed by atoms with Gasteiger partial charge in [-0.15, -0.1) is 0 Å². The lowest BCUT2D eigenvalue weighted by atomic mass is 9.95. The van der Waals surface area contributed by atoms with Crippen LogP contribution in [0.25, 0.3) is 22.3 Å². The summed E-state index contributed by atoms with van der Waals surface area (Å²) >= 11 is 6.69. The van der Waals surface area contributed by atoms with E-state index in [1.54, 1.807) is 0 Å². The van der Waals surface area contributed by atoms with E-state index >= 15 is 0 Å². The Morgan fingerprint density at radius 3 is 1.94 bits per heavy atom. The van der Waals surface area contributed by atoms with Crippen molar-refractivity contribution in [2.45, 2.75) is 79.1 Å². The maximum Gasteiger partial charge on any atom is 0.0444 e. The van der Waals surface area contributed by atoms with Gasteiger partial charge in [0.2, 0.25) is 0 Å². The van der Waals surface area contributed by atoms with Gasteiger partial charge in [-0.1, -0.05) is 111 Å². The van der Waals surface area contributed by atoms with Gasteiger partial charge < -0.3 is 0 Å². The van der Waals surface area contributed by atoms with Crippen molar-refractivity contribution >= 4 is 11.6 Å². The minimum Gasteiger partial charge on any atom is -0.0859 e. The van der Waals surface area contributed by atoms with Crippen molar-refractivity contribution in [3.8, 4) is 22.3 Å². The van der Waals surface area contributed by atoms with E-state index < -0.39 is 0 Å². The normalized spacial score (nSPS) is 11.9. The van der Waals surface area contributed by atoms with Gasteiger partial charge in [-0.2, -0.15) is 0 Å². The van der Waals surface area contributed by atoms with E-state index in [4.69, 9.17) is 11.6 Å². The number of rotatable bonds is 12. The van der Waals surface area contributed by atoms with Crippen molar-refractivity contribution in [3.05, 3.63) is 94.5 Å². The van der Waals surface area contributed by atoms with E-state index in [0.717, 1.165) is 11.4 Å². The van der Waals surface area contributed by atoms with Crippen LogP contribution in [0.2, 0.25) is 5.02 Å². The topological polar surface area (TPSA) is 0 Å². The number of aryl methyl sites for hydroxylation is 2. The third-order valence-corrected chi connectivity index (χ3v) is 7.10. The molecule has 1 unspecified atom stereocenters. The second-order valence-electron chi connectivity index (χ2n) is 10.0. The van der Waals surface area contributed by atoms with Crippen molar-refractivity contribution in [2.75, 3.05) is 0 Å². The smallest absolute Gasteiger partial charge is 0.0444 e. The average Bonchev–Trinajstić information content (AvgIpc) is 2.84. The molecule has 1 atom stereocenters. The van der Waals surface area contributed by atoms with Crippen LogP contribution >= 0.6 is 11.6 Å². The number of hydrogen-bond acceptors (Lipinski definition) is 0. The Bertz CT molecular complexity index is 1040. The van der Waals surface area contributed by atoms with Crippen LogP contribution in [0.5, 0.6) is 0 Å². The Labute approximate surface area is 213 Å². The average molecular weight is 473 g/mol. The zero-order valence-corrected chi connectivity index (χ0v) is 22.3. The van der Waals surface area contributed by atoms with Gasteiger partial charge in [0.15, 0.2) is 0 Å². The highest BCUT2D eigenvalue weighted by molar-refractivity contribution is 6.31. The molecule has 0 N–H and O–H groups in total. The number of unbranched alkanes of at least 4 members (excludes halogenated alkanes) is 2. The molecule has 3 aromatic carbocycles. The monoisotopic (exact) mass is 472 g/mol. The highest BCUT2D eigenvalue weighted by Crippen LogP contribution is 2.29. The summed E-state index contributed by atoms with van der Waals surface area (Å²) in [5, 5.41) is 0.886. The van der Waals surface area contributed by atoms with Gasteiger partial charge in [-0.25, -0.2) is 0 Å². The maximum atomic E-state index is 6.69. The Kier molecular flexibility index (Phi) is 10.5. The zero-order chi connectivity index (χ0) is 24.3. The molecule has 34 heavy (non-hydrogen) atoms. The third kappa shape index (κ3) is 8.17. The molecule has 0 heterocycles. The molecule has 0 aliphatic carbocycles. The van der Waals surface area contributed by atoms with E-state index in [1.807, 2.05) is 0 Å². The SMILES string of the molecule is CCCCCc1ccc(-c2ccc(-c3ccc(CCC(C)CCC=C(C)C)c(Cl)c3)cc2)cc1. The molecule has 0 bridgehead atoms. The molecule has 3 aromatic rings. The van der Waals surface area contributed by atoms with Crippen LogP contribution in [-0.2, 0) is 12.8 Å². The van der Waals surface area contributed by atoms with Crippen LogP contribution in [0.1, 0.15) is 77.3 Å². The van der Waals surface area contributed by atoms with Crippen LogP contribution < -0.4 is 0 Å². The fraction of sp³-hybridized carbons (Fsp3) is 0.394. The standard InChI is InChI=1S/C33H41Cl/c1-5-6-7-11-27-13-16-28(17-14-27)29-18-20-30(21-19-29)32-23-22-31(33(34)24-32)15-12-26(4)10-8-9-25(2)3/h9,13-14,16-24,26H,5-8,10-12,15H2,1-4H3. The van der Waals surface area contributed by atoms with E-state index in [-0.39, 0.29) is 0 Å². The molecular weight excluding hydrogens is 432 g/mol. The highest BCUT2D eigenvalue weighted by atomic mass is 35.5. The Morgan fingerprint density at radius 2 is 1.35 bits per heavy atom. The summed E-state index contributed by atoms with van der Waals surface area (Å²) in [6, 6.07) is 24.5.